The van der Waals surface area contributed by atoms with Gasteiger partial charge >= 0.3 is 0 Å². The van der Waals surface area contributed by atoms with E-state index in [9.17, 15) is 21.9 Å². The van der Waals surface area contributed by atoms with Crippen LogP contribution in [0.5, 0.6) is 11.5 Å². The maximum atomic E-state index is 13.0. The molecule has 3 fully saturated rings. The molecule has 1 heterocycles. The second-order valence-electron chi connectivity index (χ2n) is 15.4. The molecule has 1 aliphatic heterocycles. The highest BCUT2D eigenvalue weighted by atomic mass is 32.2. The summed E-state index contributed by atoms with van der Waals surface area (Å²) in [4.78, 5) is 1.28. The van der Waals surface area contributed by atoms with Crippen LogP contribution < -0.4 is 4.74 Å². The van der Waals surface area contributed by atoms with Crippen molar-refractivity contribution in [1.29, 1.82) is 0 Å². The summed E-state index contributed by atoms with van der Waals surface area (Å²) in [6, 6.07) is 20.0. The fraction of sp³-hybridized carbons (Fsp3) is 0.478. The highest BCUT2D eigenvalue weighted by Gasteiger charge is 2.24. The second kappa shape index (κ2) is 21.2. The van der Waals surface area contributed by atoms with Crippen LogP contribution in [0, 0.1) is 41.5 Å². The largest absolute Gasteiger partial charge is 0.508 e. The quantitative estimate of drug-likeness (QED) is 0.197. The molecule has 2 N–H and O–H groups in total. The Labute approximate surface area is 336 Å². The van der Waals surface area contributed by atoms with Crippen LogP contribution in [0.1, 0.15) is 110 Å². The minimum Gasteiger partial charge on any atom is -0.508 e. The van der Waals surface area contributed by atoms with Gasteiger partial charge in [0.25, 0.3) is 0 Å². The molecule has 8 nitrogen and oxygen atoms in total. The summed E-state index contributed by atoms with van der Waals surface area (Å²) in [6.07, 6.45) is 14.6. The van der Waals surface area contributed by atoms with Crippen molar-refractivity contribution in [2.45, 2.75) is 150 Å². The number of benzene rings is 4. The maximum Gasteiger partial charge on any atom is 0.207 e. The van der Waals surface area contributed by atoms with Gasteiger partial charge in [0.05, 0.1) is 31.8 Å². The lowest BCUT2D eigenvalue weighted by Gasteiger charge is -2.23. The molecule has 0 radical (unpaired) electrons. The third-order valence-electron chi connectivity index (χ3n) is 10.3. The number of aryl methyl sites for hydroxylation is 6. The fourth-order valence-corrected chi connectivity index (χ4v) is 11.1. The van der Waals surface area contributed by atoms with Gasteiger partial charge in [-0.05, 0) is 164 Å². The number of hydrogen-bond acceptors (Lipinski definition) is 8. The van der Waals surface area contributed by atoms with Crippen LogP contribution >= 0.6 is 0 Å². The summed E-state index contributed by atoms with van der Waals surface area (Å²) in [5, 5.41) is 18.2. The third kappa shape index (κ3) is 12.9. The third-order valence-corrected chi connectivity index (χ3v) is 14.4. The Morgan fingerprint density at radius 2 is 0.911 bits per heavy atom. The van der Waals surface area contributed by atoms with Crippen LogP contribution in [0.15, 0.2) is 92.4 Å². The highest BCUT2D eigenvalue weighted by Crippen LogP contribution is 2.31. The first kappa shape index (κ1) is 45.0. The highest BCUT2D eigenvalue weighted by molar-refractivity contribution is 7.92. The molecule has 0 spiro atoms. The summed E-state index contributed by atoms with van der Waals surface area (Å²) in [6.45, 7) is 13.2. The van der Waals surface area contributed by atoms with E-state index in [0.29, 0.717) is 14.7 Å². The number of ether oxygens (including phenoxy) is 2. The summed E-state index contributed by atoms with van der Waals surface area (Å²) >= 11 is 0. The van der Waals surface area contributed by atoms with Crippen LogP contribution in [0.2, 0.25) is 0 Å². The maximum absolute atomic E-state index is 13.0. The zero-order valence-electron chi connectivity index (χ0n) is 34.1. The first-order valence-electron chi connectivity index (χ1n) is 20.1. The average molecular weight is 807 g/mol. The number of sulfone groups is 2. The molecule has 0 amide bonds. The van der Waals surface area contributed by atoms with Crippen LogP contribution in [0.3, 0.4) is 0 Å². The van der Waals surface area contributed by atoms with Crippen LogP contribution in [-0.4, -0.2) is 52.5 Å². The monoisotopic (exact) mass is 806 g/mol. The van der Waals surface area contributed by atoms with E-state index in [-0.39, 0.29) is 22.9 Å². The van der Waals surface area contributed by atoms with E-state index in [1.165, 1.54) is 75.6 Å². The molecule has 3 aliphatic rings. The summed E-state index contributed by atoms with van der Waals surface area (Å²) in [5.74, 6) is 0.805. The van der Waals surface area contributed by atoms with Gasteiger partial charge in [0.2, 0.25) is 19.7 Å². The Morgan fingerprint density at radius 3 is 1.25 bits per heavy atom. The van der Waals surface area contributed by atoms with E-state index in [2.05, 4.69) is 0 Å². The van der Waals surface area contributed by atoms with Crippen molar-refractivity contribution in [3.63, 3.8) is 0 Å². The number of aromatic hydroxyl groups is 1. The Kier molecular flexibility index (Phi) is 17.0. The van der Waals surface area contributed by atoms with Crippen molar-refractivity contribution < 1.29 is 36.5 Å². The number of phenols is 1. The second-order valence-corrected chi connectivity index (χ2v) is 19.2. The van der Waals surface area contributed by atoms with Crippen molar-refractivity contribution in [3.8, 4) is 11.5 Å². The van der Waals surface area contributed by atoms with Gasteiger partial charge in [-0.25, -0.2) is 16.8 Å². The normalized spacial score (nSPS) is 16.3. The average Bonchev–Trinajstić information content (AvgIpc) is 3.73. The molecule has 2 aliphatic carbocycles. The summed E-state index contributed by atoms with van der Waals surface area (Å²) in [5.41, 5.74) is 5.18. The zero-order chi connectivity index (χ0) is 40.9. The molecule has 306 valence electrons. The summed E-state index contributed by atoms with van der Waals surface area (Å²) in [7, 11) is -7.07. The van der Waals surface area contributed by atoms with Crippen molar-refractivity contribution in [1.82, 2.24) is 0 Å². The lowest BCUT2D eigenvalue weighted by atomic mass is 9.98. The summed E-state index contributed by atoms with van der Waals surface area (Å²) < 4.78 is 62.3. The van der Waals surface area contributed by atoms with E-state index in [1.54, 1.807) is 38.1 Å². The molecule has 0 unspecified atom stereocenters. The van der Waals surface area contributed by atoms with Gasteiger partial charge in [0.15, 0.2) is 0 Å². The van der Waals surface area contributed by atoms with Crippen LogP contribution in [0.4, 0.5) is 0 Å². The number of phenolic OH excluding ortho intramolecular Hbond substituents is 1. The molecule has 1 saturated heterocycles. The SMILES string of the molecule is C1CCOC1.Cc1cc(C)c(S(=O)(=O)c2ccc(O)cc2)c(C)c1.Cc1cc(C)c(S(=O)(=O)c2ccc(OC3CCCCC3)cc2)c(C)c1.OC1CCCCC1. The molecule has 0 bridgehead atoms. The van der Waals surface area contributed by atoms with Crippen molar-refractivity contribution >= 4 is 19.7 Å². The van der Waals surface area contributed by atoms with Gasteiger partial charge < -0.3 is 19.7 Å². The Morgan fingerprint density at radius 1 is 0.536 bits per heavy atom. The molecule has 0 aromatic heterocycles. The molecular weight excluding hydrogens is 745 g/mol. The lowest BCUT2D eigenvalue weighted by Crippen LogP contribution is -2.19. The van der Waals surface area contributed by atoms with Crippen LogP contribution in [-0.2, 0) is 24.4 Å². The first-order valence-corrected chi connectivity index (χ1v) is 23.0. The van der Waals surface area contributed by atoms with Crippen molar-refractivity contribution in [2.24, 2.45) is 0 Å². The number of hydrogen-bond donors (Lipinski definition) is 2. The standard InChI is InChI=1S/C21H26O3S.C15H16O3S.C6H12O.C4H8O/c1-15-13-16(2)21(17(3)14-15)25(22,23)20-11-9-19(10-12-20)24-18-7-5-4-6-8-18;1-10-8-11(2)15(12(3)9-10)19(17,18)14-6-4-13(16)5-7-14;7-6-4-2-1-3-5-6;1-2-4-5-3-1/h9-14,18H,4-8H2,1-3H3;4-9,16H,1-3H3;6-7H,1-5H2;1-4H2. The number of rotatable bonds is 6. The Hall–Kier alpha value is -3.70. The predicted octanol–water partition coefficient (Wildman–Crippen LogP) is 10.4. The van der Waals surface area contributed by atoms with Crippen molar-refractivity contribution in [2.75, 3.05) is 13.2 Å². The van der Waals surface area contributed by atoms with Crippen LogP contribution in [0.25, 0.3) is 0 Å². The van der Waals surface area contributed by atoms with Gasteiger partial charge in [0, 0.05) is 13.2 Å². The predicted molar refractivity (Wildman–Crippen MR) is 223 cm³/mol. The van der Waals surface area contributed by atoms with Gasteiger partial charge in [-0.3, -0.25) is 0 Å². The van der Waals surface area contributed by atoms with Gasteiger partial charge in [-0.2, -0.15) is 0 Å². The minimum atomic E-state index is -3.54. The molecule has 2 saturated carbocycles. The van der Waals surface area contributed by atoms with E-state index in [1.807, 2.05) is 52.0 Å². The number of aliphatic hydroxyl groups is 1. The minimum absolute atomic E-state index is 0.0359. The van der Waals surface area contributed by atoms with Gasteiger partial charge in [-0.15, -0.1) is 0 Å². The Bertz CT molecular complexity index is 2000. The molecule has 4 aromatic carbocycles. The van der Waals surface area contributed by atoms with Crippen molar-refractivity contribution in [3.05, 3.63) is 106 Å². The first-order chi connectivity index (χ1) is 26.6. The fourth-order valence-electron chi connectivity index (χ4n) is 7.71. The molecular formula is C46H62O8S2. The van der Waals surface area contributed by atoms with E-state index in [4.69, 9.17) is 14.6 Å². The topological polar surface area (TPSA) is 127 Å². The van der Waals surface area contributed by atoms with E-state index < -0.39 is 19.7 Å². The molecule has 4 aromatic rings. The number of aliphatic hydroxyl groups excluding tert-OH is 1. The van der Waals surface area contributed by atoms with Gasteiger partial charge in [0.1, 0.15) is 11.5 Å². The molecule has 56 heavy (non-hydrogen) atoms. The molecule has 0 atom stereocenters. The zero-order valence-corrected chi connectivity index (χ0v) is 35.8. The van der Waals surface area contributed by atoms with E-state index in [0.717, 1.165) is 78.0 Å². The molecule has 10 heteroatoms. The van der Waals surface area contributed by atoms with E-state index >= 15 is 0 Å². The van der Waals surface area contributed by atoms with Gasteiger partial charge in [-0.1, -0.05) is 61.1 Å². The lowest BCUT2D eigenvalue weighted by molar-refractivity contribution is 0.130. The Balaban J connectivity index is 0.000000195. The smallest absolute Gasteiger partial charge is 0.207 e. The molecule has 7 rings (SSSR count).